The van der Waals surface area contributed by atoms with Crippen molar-refractivity contribution >= 4 is 55.0 Å². The molecule has 3 heteroatoms. The highest BCUT2D eigenvalue weighted by molar-refractivity contribution is 6.31. The Morgan fingerprint density at radius 2 is 0.972 bits per heavy atom. The summed E-state index contributed by atoms with van der Waals surface area (Å²) in [7, 11) is 0. The molecule has 12 aromatic carbocycles. The summed E-state index contributed by atoms with van der Waals surface area (Å²) in [6.07, 6.45) is 0. The highest BCUT2D eigenvalue weighted by Gasteiger charge is 2.52. The van der Waals surface area contributed by atoms with E-state index < -0.39 is 5.41 Å². The maximum atomic E-state index is 7.01. The van der Waals surface area contributed by atoms with E-state index in [1.807, 2.05) is 0 Å². The van der Waals surface area contributed by atoms with Crippen LogP contribution >= 0.6 is 11.6 Å². The molecular formula is C68H41ClN2. The van der Waals surface area contributed by atoms with Crippen LogP contribution in [0.15, 0.2) is 249 Å². The number of benzene rings is 12. The molecular weight excluding hydrogens is 880 g/mol. The molecule has 1 aromatic heterocycles. The third kappa shape index (κ3) is 5.74. The second-order valence-corrected chi connectivity index (χ2v) is 19.5. The molecule has 0 radical (unpaired) electrons. The Labute approximate surface area is 416 Å². The molecule has 13 aromatic rings. The summed E-state index contributed by atoms with van der Waals surface area (Å²) in [6, 6.07) is 91.2. The van der Waals surface area contributed by atoms with Gasteiger partial charge in [0.15, 0.2) is 0 Å². The van der Waals surface area contributed by atoms with Crippen molar-refractivity contribution in [2.75, 3.05) is 0 Å². The monoisotopic (exact) mass is 920 g/mol. The molecule has 0 fully saturated rings. The lowest BCUT2D eigenvalue weighted by Gasteiger charge is -2.30. The molecule has 2 aliphatic carbocycles. The van der Waals surface area contributed by atoms with Crippen molar-refractivity contribution in [1.29, 1.82) is 0 Å². The van der Waals surface area contributed by atoms with Crippen LogP contribution in [-0.4, -0.2) is 9.55 Å². The lowest BCUT2D eigenvalue weighted by Crippen LogP contribution is -2.25. The van der Waals surface area contributed by atoms with Gasteiger partial charge in [0.2, 0.25) is 0 Å². The minimum Gasteiger partial charge on any atom is -0.292 e. The van der Waals surface area contributed by atoms with Crippen molar-refractivity contribution in [3.8, 4) is 72.7 Å². The first kappa shape index (κ1) is 40.1. The van der Waals surface area contributed by atoms with Gasteiger partial charge in [-0.25, -0.2) is 4.98 Å². The van der Waals surface area contributed by atoms with E-state index in [1.165, 1.54) is 105 Å². The fraction of sp³-hybridized carbons (Fsp3) is 0.0147. The van der Waals surface area contributed by atoms with Gasteiger partial charge in [-0.3, -0.25) is 4.57 Å². The van der Waals surface area contributed by atoms with Crippen LogP contribution in [0.3, 0.4) is 0 Å². The number of aromatic nitrogens is 2. The van der Waals surface area contributed by atoms with Gasteiger partial charge in [0.1, 0.15) is 5.82 Å². The number of rotatable bonds is 5. The van der Waals surface area contributed by atoms with Gasteiger partial charge in [0.25, 0.3) is 0 Å². The Balaban J connectivity index is 0.996. The number of imidazole rings is 1. The van der Waals surface area contributed by atoms with E-state index in [2.05, 4.69) is 253 Å². The standard InChI is InChI=1S/C68H41ClN2/c69-47-34-35-56-62(40-47)68(59-28-10-8-23-51(59)52-24-9-11-29-60(52)68)61-37-36-50-54(26-15-27-55(50)66(56)61)65-53-25-7-6-22-49(53)57(41-58(65)45-33-32-42-16-4-5-17-43(42)38-45)44-18-14-19-46(39-44)67-70-63-30-12-13-31-64(63)71(67)48-20-2-1-3-21-48/h1-41H. The lowest BCUT2D eigenvalue weighted by molar-refractivity contribution is 0.794. The second-order valence-electron chi connectivity index (χ2n) is 19.0. The van der Waals surface area contributed by atoms with Gasteiger partial charge >= 0.3 is 0 Å². The summed E-state index contributed by atoms with van der Waals surface area (Å²) < 4.78 is 2.28. The van der Waals surface area contributed by atoms with E-state index in [9.17, 15) is 0 Å². The number of hydrogen-bond donors (Lipinski definition) is 0. The number of nitrogens with zero attached hydrogens (tertiary/aromatic N) is 2. The maximum Gasteiger partial charge on any atom is 0.145 e. The molecule has 0 amide bonds. The van der Waals surface area contributed by atoms with Gasteiger partial charge in [-0.05, 0) is 165 Å². The van der Waals surface area contributed by atoms with Crippen LogP contribution in [0.2, 0.25) is 5.02 Å². The quantitative estimate of drug-likeness (QED) is 0.168. The summed E-state index contributed by atoms with van der Waals surface area (Å²) in [5.41, 5.74) is 21.0. The molecule has 0 bridgehead atoms. The number of para-hydroxylation sites is 3. The van der Waals surface area contributed by atoms with Crippen LogP contribution in [-0.2, 0) is 5.41 Å². The summed E-state index contributed by atoms with van der Waals surface area (Å²) >= 11 is 7.01. The molecule has 0 saturated heterocycles. The topological polar surface area (TPSA) is 17.8 Å². The zero-order chi connectivity index (χ0) is 46.8. The number of fused-ring (bicyclic) bond motifs is 15. The normalized spacial score (nSPS) is 13.0. The fourth-order valence-corrected chi connectivity index (χ4v) is 12.7. The Morgan fingerprint density at radius 1 is 0.338 bits per heavy atom. The second kappa shape index (κ2) is 15.3. The van der Waals surface area contributed by atoms with E-state index in [0.29, 0.717) is 0 Å². The van der Waals surface area contributed by atoms with Crippen molar-refractivity contribution in [2.24, 2.45) is 0 Å². The molecule has 2 aliphatic rings. The minimum atomic E-state index is -0.503. The van der Waals surface area contributed by atoms with Gasteiger partial charge in [0, 0.05) is 16.3 Å². The van der Waals surface area contributed by atoms with Crippen molar-refractivity contribution in [2.45, 2.75) is 5.41 Å². The molecule has 0 N–H and O–H groups in total. The molecule has 330 valence electrons. The first-order valence-electron chi connectivity index (χ1n) is 24.4. The highest BCUT2D eigenvalue weighted by Crippen LogP contribution is 2.64. The summed E-state index contributed by atoms with van der Waals surface area (Å²) in [5.74, 6) is 0.911. The molecule has 2 nitrogen and oxygen atoms in total. The van der Waals surface area contributed by atoms with Crippen LogP contribution in [0.5, 0.6) is 0 Å². The molecule has 1 spiro atoms. The van der Waals surface area contributed by atoms with Gasteiger partial charge in [-0.1, -0.05) is 206 Å². The molecule has 0 atom stereocenters. The lowest BCUT2D eigenvalue weighted by atomic mass is 9.70. The van der Waals surface area contributed by atoms with Gasteiger partial charge in [-0.15, -0.1) is 0 Å². The summed E-state index contributed by atoms with van der Waals surface area (Å²) in [5, 5.41) is 8.01. The van der Waals surface area contributed by atoms with Crippen LogP contribution in [0.25, 0.3) is 116 Å². The van der Waals surface area contributed by atoms with Gasteiger partial charge in [-0.2, -0.15) is 0 Å². The maximum absolute atomic E-state index is 7.01. The first-order valence-corrected chi connectivity index (χ1v) is 24.8. The Kier molecular flexibility index (Phi) is 8.67. The van der Waals surface area contributed by atoms with Crippen LogP contribution in [0, 0.1) is 0 Å². The van der Waals surface area contributed by atoms with E-state index in [1.54, 1.807) is 0 Å². The molecule has 15 rings (SSSR count). The third-order valence-corrected chi connectivity index (χ3v) is 15.7. The molecule has 71 heavy (non-hydrogen) atoms. The van der Waals surface area contributed by atoms with Gasteiger partial charge < -0.3 is 0 Å². The summed E-state index contributed by atoms with van der Waals surface area (Å²) in [4.78, 5) is 5.28. The summed E-state index contributed by atoms with van der Waals surface area (Å²) in [6.45, 7) is 0. The van der Waals surface area contributed by atoms with Crippen molar-refractivity contribution in [3.63, 3.8) is 0 Å². The molecule has 0 saturated carbocycles. The predicted octanol–water partition coefficient (Wildman–Crippen LogP) is 18.1. The first-order chi connectivity index (χ1) is 35.1. The predicted molar refractivity (Wildman–Crippen MR) is 297 cm³/mol. The fourth-order valence-electron chi connectivity index (χ4n) is 12.6. The Bertz CT molecular complexity index is 4320. The third-order valence-electron chi connectivity index (χ3n) is 15.5. The van der Waals surface area contributed by atoms with E-state index in [4.69, 9.17) is 16.6 Å². The van der Waals surface area contributed by atoms with Crippen molar-refractivity contribution in [1.82, 2.24) is 9.55 Å². The number of halogens is 1. The van der Waals surface area contributed by atoms with E-state index in [0.717, 1.165) is 38.7 Å². The van der Waals surface area contributed by atoms with Crippen LogP contribution < -0.4 is 0 Å². The zero-order valence-electron chi connectivity index (χ0n) is 38.4. The molecule has 1 heterocycles. The number of hydrogen-bond acceptors (Lipinski definition) is 1. The molecule has 0 aliphatic heterocycles. The zero-order valence-corrected chi connectivity index (χ0v) is 39.2. The smallest absolute Gasteiger partial charge is 0.145 e. The van der Waals surface area contributed by atoms with Gasteiger partial charge in [0.05, 0.1) is 16.4 Å². The van der Waals surface area contributed by atoms with Crippen LogP contribution in [0.1, 0.15) is 22.3 Å². The largest absolute Gasteiger partial charge is 0.292 e. The Morgan fingerprint density at radius 3 is 1.82 bits per heavy atom. The molecule has 0 unspecified atom stereocenters. The average Bonchev–Trinajstić information content (AvgIpc) is 4.08. The van der Waals surface area contributed by atoms with E-state index in [-0.39, 0.29) is 0 Å². The minimum absolute atomic E-state index is 0.503. The Hall–Kier alpha value is -8.82. The highest BCUT2D eigenvalue weighted by atomic mass is 35.5. The average molecular weight is 922 g/mol. The van der Waals surface area contributed by atoms with E-state index >= 15 is 0 Å². The SMILES string of the molecule is Clc1ccc2c(c1)C1(c3ccccc3-c3ccccc31)c1ccc3c(-c4c(-c5ccc6ccccc6c5)cc(-c5cccc(-c6nc7ccccc7n6-c6ccccc6)c5)c5ccccc45)cccc3c1-2. The van der Waals surface area contributed by atoms with Crippen molar-refractivity contribution in [3.05, 3.63) is 276 Å². The van der Waals surface area contributed by atoms with Crippen LogP contribution in [0.4, 0.5) is 0 Å². The van der Waals surface area contributed by atoms with Crippen molar-refractivity contribution < 1.29 is 0 Å².